The highest BCUT2D eigenvalue weighted by molar-refractivity contribution is 7.11. The van der Waals surface area contributed by atoms with Gasteiger partial charge in [0, 0.05) is 42.1 Å². The van der Waals surface area contributed by atoms with Gasteiger partial charge in [-0.3, -0.25) is 0 Å². The Bertz CT molecular complexity index is 588. The van der Waals surface area contributed by atoms with Gasteiger partial charge in [0.25, 0.3) is 0 Å². The summed E-state index contributed by atoms with van der Waals surface area (Å²) < 4.78 is 0. The summed E-state index contributed by atoms with van der Waals surface area (Å²) in [4.78, 5) is 5.25. The van der Waals surface area contributed by atoms with Crippen LogP contribution in [0.3, 0.4) is 0 Å². The molecule has 106 valence electrons. The fourth-order valence-electron chi connectivity index (χ4n) is 2.77. The summed E-state index contributed by atoms with van der Waals surface area (Å²) in [6.07, 6.45) is 2.33. The first-order valence-corrected chi connectivity index (χ1v) is 8.19. The third-order valence-electron chi connectivity index (χ3n) is 3.97. The Morgan fingerprint density at radius 1 is 1.15 bits per heavy atom. The molecule has 0 atom stereocenters. The van der Waals surface area contributed by atoms with Crippen molar-refractivity contribution in [2.24, 2.45) is 0 Å². The van der Waals surface area contributed by atoms with E-state index in [4.69, 9.17) is 0 Å². The monoisotopic (exact) mass is 286 g/mol. The molecule has 3 rings (SSSR count). The average Bonchev–Trinajstić information content (AvgIpc) is 3.06. The standard InChI is InChI=1S/C17H22N2S/c1-3-15-5-6-16(20-15)12-18-11-13-4-7-17-14(10-13)8-9-19(17)2/h4-7,10,18H,3,8-9,11-12H2,1-2H3. The highest BCUT2D eigenvalue weighted by atomic mass is 32.1. The lowest BCUT2D eigenvalue weighted by atomic mass is 10.1. The van der Waals surface area contributed by atoms with Crippen LogP contribution in [0.4, 0.5) is 5.69 Å². The van der Waals surface area contributed by atoms with Gasteiger partial charge in [-0.1, -0.05) is 19.1 Å². The largest absolute Gasteiger partial charge is 0.374 e. The Hall–Kier alpha value is -1.32. The van der Waals surface area contributed by atoms with Crippen LogP contribution < -0.4 is 10.2 Å². The van der Waals surface area contributed by atoms with Crippen molar-refractivity contribution >= 4 is 17.0 Å². The normalized spacial score (nSPS) is 13.8. The maximum absolute atomic E-state index is 3.55. The average molecular weight is 286 g/mol. The molecule has 2 aromatic rings. The first-order valence-electron chi connectivity index (χ1n) is 7.37. The number of nitrogens with zero attached hydrogens (tertiary/aromatic N) is 1. The van der Waals surface area contributed by atoms with Crippen LogP contribution >= 0.6 is 11.3 Å². The summed E-state index contributed by atoms with van der Waals surface area (Å²) in [5, 5.41) is 3.55. The van der Waals surface area contributed by atoms with E-state index >= 15 is 0 Å². The van der Waals surface area contributed by atoms with E-state index in [1.54, 1.807) is 0 Å². The lowest BCUT2D eigenvalue weighted by Crippen LogP contribution is -2.13. The molecule has 1 aromatic carbocycles. The molecule has 0 aliphatic carbocycles. The van der Waals surface area contributed by atoms with Crippen molar-refractivity contribution in [1.29, 1.82) is 0 Å². The van der Waals surface area contributed by atoms with E-state index in [2.05, 4.69) is 54.5 Å². The predicted octanol–water partition coefficient (Wildman–Crippen LogP) is 3.59. The van der Waals surface area contributed by atoms with E-state index in [0.717, 1.165) is 26.1 Å². The third-order valence-corrected chi connectivity index (χ3v) is 5.20. The lowest BCUT2D eigenvalue weighted by molar-refractivity contribution is 0.700. The zero-order chi connectivity index (χ0) is 13.9. The number of hydrogen-bond donors (Lipinski definition) is 1. The smallest absolute Gasteiger partial charge is 0.0397 e. The number of benzene rings is 1. The van der Waals surface area contributed by atoms with E-state index in [1.807, 2.05) is 11.3 Å². The second-order valence-corrected chi connectivity index (χ2v) is 6.71. The summed E-state index contributed by atoms with van der Waals surface area (Å²) in [7, 11) is 2.17. The highest BCUT2D eigenvalue weighted by Crippen LogP contribution is 2.27. The molecule has 1 aliphatic rings. The van der Waals surface area contributed by atoms with Gasteiger partial charge in [0.2, 0.25) is 0 Å². The first-order chi connectivity index (χ1) is 9.76. The van der Waals surface area contributed by atoms with Crippen molar-refractivity contribution in [3.8, 4) is 0 Å². The second-order valence-electron chi connectivity index (χ2n) is 5.46. The molecule has 0 radical (unpaired) electrons. The number of hydrogen-bond acceptors (Lipinski definition) is 3. The number of rotatable bonds is 5. The Labute approximate surface area is 125 Å². The van der Waals surface area contributed by atoms with Crippen molar-refractivity contribution < 1.29 is 0 Å². The molecule has 0 spiro atoms. The van der Waals surface area contributed by atoms with Crippen molar-refractivity contribution in [2.75, 3.05) is 18.5 Å². The van der Waals surface area contributed by atoms with Crippen LogP contribution in [0.2, 0.25) is 0 Å². The van der Waals surface area contributed by atoms with Crippen molar-refractivity contribution in [3.63, 3.8) is 0 Å². The van der Waals surface area contributed by atoms with Gasteiger partial charge in [0.1, 0.15) is 0 Å². The Kier molecular flexibility index (Phi) is 4.08. The van der Waals surface area contributed by atoms with Crippen molar-refractivity contribution in [1.82, 2.24) is 5.32 Å². The fourth-order valence-corrected chi connectivity index (χ4v) is 3.69. The molecule has 2 heterocycles. The topological polar surface area (TPSA) is 15.3 Å². The van der Waals surface area contributed by atoms with Gasteiger partial charge in [-0.15, -0.1) is 11.3 Å². The van der Waals surface area contributed by atoms with Gasteiger partial charge < -0.3 is 10.2 Å². The van der Waals surface area contributed by atoms with Gasteiger partial charge in [-0.2, -0.15) is 0 Å². The van der Waals surface area contributed by atoms with Crippen LogP contribution in [0, 0.1) is 0 Å². The number of aryl methyl sites for hydroxylation is 1. The van der Waals surface area contributed by atoms with E-state index in [-0.39, 0.29) is 0 Å². The highest BCUT2D eigenvalue weighted by Gasteiger charge is 2.15. The van der Waals surface area contributed by atoms with Crippen LogP contribution in [0.1, 0.15) is 27.8 Å². The molecule has 1 aliphatic heterocycles. The molecule has 2 nitrogen and oxygen atoms in total. The van der Waals surface area contributed by atoms with E-state index in [1.165, 1.54) is 33.0 Å². The zero-order valence-corrected chi connectivity index (χ0v) is 13.1. The SMILES string of the molecule is CCc1ccc(CNCc2ccc3c(c2)CCN3C)s1. The summed E-state index contributed by atoms with van der Waals surface area (Å²) in [5.41, 5.74) is 4.29. The Balaban J connectivity index is 1.56. The quantitative estimate of drug-likeness (QED) is 0.903. The predicted molar refractivity (Wildman–Crippen MR) is 87.7 cm³/mol. The van der Waals surface area contributed by atoms with Gasteiger partial charge in [0.15, 0.2) is 0 Å². The van der Waals surface area contributed by atoms with Gasteiger partial charge in [-0.05, 0) is 42.2 Å². The number of likely N-dealkylation sites (N-methyl/N-ethyl adjacent to an activating group) is 1. The minimum Gasteiger partial charge on any atom is -0.374 e. The van der Waals surface area contributed by atoms with Crippen molar-refractivity contribution in [3.05, 3.63) is 51.2 Å². The molecule has 0 saturated heterocycles. The summed E-state index contributed by atoms with van der Waals surface area (Å²) in [5.74, 6) is 0. The summed E-state index contributed by atoms with van der Waals surface area (Å²) >= 11 is 1.92. The molecule has 20 heavy (non-hydrogen) atoms. The maximum atomic E-state index is 3.55. The maximum Gasteiger partial charge on any atom is 0.0397 e. The minimum atomic E-state index is 0.955. The zero-order valence-electron chi connectivity index (χ0n) is 12.3. The van der Waals surface area contributed by atoms with E-state index in [0.29, 0.717) is 0 Å². The minimum absolute atomic E-state index is 0.955. The van der Waals surface area contributed by atoms with E-state index < -0.39 is 0 Å². The molecular formula is C17H22N2S. The van der Waals surface area contributed by atoms with Crippen LogP contribution in [0.25, 0.3) is 0 Å². The molecule has 0 bridgehead atoms. The molecule has 1 N–H and O–H groups in total. The van der Waals surface area contributed by atoms with E-state index in [9.17, 15) is 0 Å². The molecule has 0 amide bonds. The first kappa shape index (κ1) is 13.7. The van der Waals surface area contributed by atoms with Crippen LogP contribution in [-0.2, 0) is 25.9 Å². The molecular weight excluding hydrogens is 264 g/mol. The van der Waals surface area contributed by atoms with Gasteiger partial charge in [0.05, 0.1) is 0 Å². The van der Waals surface area contributed by atoms with Crippen LogP contribution in [-0.4, -0.2) is 13.6 Å². The van der Waals surface area contributed by atoms with Crippen LogP contribution in [0.5, 0.6) is 0 Å². The molecule has 3 heteroatoms. The molecule has 1 aromatic heterocycles. The second kappa shape index (κ2) is 5.98. The Morgan fingerprint density at radius 2 is 2.00 bits per heavy atom. The van der Waals surface area contributed by atoms with Gasteiger partial charge >= 0.3 is 0 Å². The fraction of sp³-hybridized carbons (Fsp3) is 0.412. The number of nitrogens with one attached hydrogen (secondary N) is 1. The number of thiophene rings is 1. The Morgan fingerprint density at radius 3 is 2.80 bits per heavy atom. The van der Waals surface area contributed by atoms with Gasteiger partial charge in [-0.25, -0.2) is 0 Å². The molecule has 0 saturated carbocycles. The number of anilines is 1. The molecule has 0 unspecified atom stereocenters. The van der Waals surface area contributed by atoms with Crippen LogP contribution in [0.15, 0.2) is 30.3 Å². The number of fused-ring (bicyclic) bond motifs is 1. The molecule has 0 fully saturated rings. The lowest BCUT2D eigenvalue weighted by Gasteiger charge is -2.12. The summed E-state index contributed by atoms with van der Waals surface area (Å²) in [6.45, 7) is 5.30. The third kappa shape index (κ3) is 2.89. The summed E-state index contributed by atoms with van der Waals surface area (Å²) in [6, 6.07) is 11.4. The van der Waals surface area contributed by atoms with Crippen molar-refractivity contribution in [2.45, 2.75) is 32.9 Å².